The number of fused-ring (bicyclic) bond motifs is 7. The summed E-state index contributed by atoms with van der Waals surface area (Å²) in [6.45, 7) is 0. The molecular weight excluding hydrogens is 560 g/mol. The number of aromatic nitrogens is 4. The largest absolute Gasteiger partial charge is 0.265 e. The molecule has 0 N–H and O–H groups in total. The van der Waals surface area contributed by atoms with Crippen molar-refractivity contribution in [1.29, 1.82) is 0 Å². The average molecular weight is 587 g/mol. The molecule has 9 rings (SSSR count). The van der Waals surface area contributed by atoms with Gasteiger partial charge in [0.15, 0.2) is 0 Å². The predicted octanol–water partition coefficient (Wildman–Crippen LogP) is 10.5. The molecule has 0 saturated carbocycles. The highest BCUT2D eigenvalue weighted by atomic mass is 14.7. The summed E-state index contributed by atoms with van der Waals surface area (Å²) in [5.41, 5.74) is 10.8. The van der Waals surface area contributed by atoms with Crippen molar-refractivity contribution in [2.45, 2.75) is 0 Å². The monoisotopic (exact) mass is 586 g/mol. The Balaban J connectivity index is 1.23. The van der Waals surface area contributed by atoms with Crippen molar-refractivity contribution < 1.29 is 0 Å². The van der Waals surface area contributed by atoms with E-state index >= 15 is 0 Å². The Kier molecular flexibility index (Phi) is 6.10. The maximum absolute atomic E-state index is 5.24. The number of pyridine rings is 4. The van der Waals surface area contributed by atoms with E-state index in [1.165, 1.54) is 16.2 Å². The quantitative estimate of drug-likeness (QED) is 0.193. The zero-order chi connectivity index (χ0) is 30.5. The lowest BCUT2D eigenvalue weighted by atomic mass is 9.92. The van der Waals surface area contributed by atoms with Gasteiger partial charge in [-0.25, -0.2) is 4.98 Å². The van der Waals surface area contributed by atoms with E-state index in [2.05, 4.69) is 137 Å². The fraction of sp³-hybridized carbons (Fsp3) is 0. The van der Waals surface area contributed by atoms with Crippen LogP contribution in [-0.4, -0.2) is 19.9 Å². The second-order valence-corrected chi connectivity index (χ2v) is 11.6. The van der Waals surface area contributed by atoms with Crippen LogP contribution < -0.4 is 0 Å². The molecule has 0 fully saturated rings. The molecule has 0 aliphatic rings. The lowest BCUT2D eigenvalue weighted by Gasteiger charge is -2.14. The molecule has 4 nitrogen and oxygen atoms in total. The zero-order valence-electron chi connectivity index (χ0n) is 24.8. The van der Waals surface area contributed by atoms with Gasteiger partial charge in [0.2, 0.25) is 0 Å². The highest BCUT2D eigenvalue weighted by molar-refractivity contribution is 6.28. The number of hydrogen-bond donors (Lipinski definition) is 0. The van der Waals surface area contributed by atoms with Crippen molar-refractivity contribution in [3.8, 4) is 44.6 Å². The summed E-state index contributed by atoms with van der Waals surface area (Å²) in [7, 11) is 0. The first-order valence-corrected chi connectivity index (χ1v) is 15.4. The molecule has 4 heteroatoms. The van der Waals surface area contributed by atoms with Gasteiger partial charge in [0, 0.05) is 63.5 Å². The maximum atomic E-state index is 5.24. The molecule has 9 aromatic rings. The van der Waals surface area contributed by atoms with Crippen LogP contribution in [0.25, 0.3) is 88.0 Å². The molecule has 0 aliphatic heterocycles. The summed E-state index contributed by atoms with van der Waals surface area (Å²) in [4.78, 5) is 18.5. The number of benzene rings is 5. The van der Waals surface area contributed by atoms with Crippen LogP contribution >= 0.6 is 0 Å². The molecule has 0 aliphatic carbocycles. The second-order valence-electron chi connectivity index (χ2n) is 11.6. The molecule has 0 amide bonds. The number of para-hydroxylation sites is 1. The van der Waals surface area contributed by atoms with Crippen molar-refractivity contribution in [3.05, 3.63) is 158 Å². The van der Waals surface area contributed by atoms with Crippen molar-refractivity contribution in [3.63, 3.8) is 0 Å². The zero-order valence-corrected chi connectivity index (χ0v) is 24.8. The predicted molar refractivity (Wildman–Crippen MR) is 189 cm³/mol. The Morgan fingerprint density at radius 3 is 1.61 bits per heavy atom. The topological polar surface area (TPSA) is 51.6 Å². The third-order valence-corrected chi connectivity index (χ3v) is 8.87. The van der Waals surface area contributed by atoms with Crippen molar-refractivity contribution in [2.24, 2.45) is 0 Å². The van der Waals surface area contributed by atoms with Crippen LogP contribution in [0.15, 0.2) is 158 Å². The third kappa shape index (κ3) is 4.39. The smallest absolute Gasteiger partial charge is 0.0788 e. The molecule has 0 saturated heterocycles. The van der Waals surface area contributed by atoms with Gasteiger partial charge < -0.3 is 0 Å². The van der Waals surface area contributed by atoms with Gasteiger partial charge in [0.25, 0.3) is 0 Å². The molecule has 0 radical (unpaired) electrons. The van der Waals surface area contributed by atoms with Crippen molar-refractivity contribution in [2.75, 3.05) is 0 Å². The highest BCUT2D eigenvalue weighted by Crippen LogP contribution is 2.40. The first kappa shape index (κ1) is 26.2. The molecule has 4 aromatic heterocycles. The van der Waals surface area contributed by atoms with Crippen LogP contribution in [0.5, 0.6) is 0 Å². The van der Waals surface area contributed by atoms with Crippen molar-refractivity contribution in [1.82, 2.24) is 19.9 Å². The number of hydrogen-bond acceptors (Lipinski definition) is 4. The Bertz CT molecular complexity index is 2500. The highest BCUT2D eigenvalue weighted by Gasteiger charge is 2.16. The van der Waals surface area contributed by atoms with E-state index in [4.69, 9.17) is 9.97 Å². The summed E-state index contributed by atoms with van der Waals surface area (Å²) in [6.07, 6.45) is 9.33. The number of nitrogens with zero attached hydrogens (tertiary/aromatic N) is 4. The molecule has 46 heavy (non-hydrogen) atoms. The summed E-state index contributed by atoms with van der Waals surface area (Å²) in [6, 6.07) is 45.0. The minimum Gasteiger partial charge on any atom is -0.265 e. The van der Waals surface area contributed by atoms with Gasteiger partial charge in [0.1, 0.15) is 0 Å². The Labute approximate surface area is 265 Å². The minimum absolute atomic E-state index is 0.970. The molecule has 4 heterocycles. The SMILES string of the molecule is c1ccc2c(c1)cnc1ccc3c(-c4ccc(-c5cc(-c6ccncc6)cc(-c6ccncc6)c5)cc4)nc4ccccc4c3c12. The van der Waals surface area contributed by atoms with E-state index in [0.717, 1.165) is 71.8 Å². The van der Waals surface area contributed by atoms with E-state index in [9.17, 15) is 0 Å². The first-order valence-electron chi connectivity index (χ1n) is 15.4. The van der Waals surface area contributed by atoms with Crippen LogP contribution in [0.4, 0.5) is 0 Å². The summed E-state index contributed by atoms with van der Waals surface area (Å²) in [5.74, 6) is 0. The van der Waals surface area contributed by atoms with Crippen LogP contribution in [0.2, 0.25) is 0 Å². The fourth-order valence-electron chi connectivity index (χ4n) is 6.65. The first-order chi connectivity index (χ1) is 22.8. The molecule has 0 unspecified atom stereocenters. The van der Waals surface area contributed by atoms with Crippen LogP contribution in [0.3, 0.4) is 0 Å². The lowest BCUT2D eigenvalue weighted by molar-refractivity contribution is 1.33. The van der Waals surface area contributed by atoms with Gasteiger partial charge >= 0.3 is 0 Å². The average Bonchev–Trinajstić information content (AvgIpc) is 3.14. The van der Waals surface area contributed by atoms with E-state index < -0.39 is 0 Å². The molecular formula is C42H26N4. The Morgan fingerprint density at radius 2 is 0.935 bits per heavy atom. The summed E-state index contributed by atoms with van der Waals surface area (Å²) < 4.78 is 0. The van der Waals surface area contributed by atoms with Crippen LogP contribution in [-0.2, 0) is 0 Å². The van der Waals surface area contributed by atoms with Crippen molar-refractivity contribution >= 4 is 43.4 Å². The van der Waals surface area contributed by atoms with Gasteiger partial charge in [-0.3, -0.25) is 15.0 Å². The second kappa shape index (κ2) is 10.7. The molecule has 214 valence electrons. The molecule has 0 atom stereocenters. The number of rotatable bonds is 4. The van der Waals surface area contributed by atoms with Gasteiger partial charge in [0.05, 0.1) is 16.7 Å². The van der Waals surface area contributed by atoms with E-state index in [0.29, 0.717) is 0 Å². The minimum atomic E-state index is 0.970. The molecule has 5 aromatic carbocycles. The van der Waals surface area contributed by atoms with Gasteiger partial charge in [-0.1, -0.05) is 66.7 Å². The van der Waals surface area contributed by atoms with Crippen LogP contribution in [0.1, 0.15) is 0 Å². The summed E-state index contributed by atoms with van der Waals surface area (Å²) >= 11 is 0. The van der Waals surface area contributed by atoms with E-state index in [1.807, 2.05) is 31.0 Å². The molecule has 0 spiro atoms. The van der Waals surface area contributed by atoms with E-state index in [-0.39, 0.29) is 0 Å². The third-order valence-electron chi connectivity index (χ3n) is 8.87. The van der Waals surface area contributed by atoms with Gasteiger partial charge in [-0.05, 0) is 99.4 Å². The summed E-state index contributed by atoms with van der Waals surface area (Å²) in [5, 5.41) is 6.96. The van der Waals surface area contributed by atoms with Gasteiger partial charge in [-0.2, -0.15) is 0 Å². The maximum Gasteiger partial charge on any atom is 0.0788 e. The molecule has 0 bridgehead atoms. The van der Waals surface area contributed by atoms with Crippen LogP contribution in [0, 0.1) is 0 Å². The normalized spacial score (nSPS) is 11.5. The van der Waals surface area contributed by atoms with Gasteiger partial charge in [-0.15, -0.1) is 0 Å². The van der Waals surface area contributed by atoms with E-state index in [1.54, 1.807) is 0 Å². The Morgan fingerprint density at radius 1 is 0.370 bits per heavy atom. The standard InChI is InChI=1S/C42H26N4/c1-2-6-35-31(5-1)26-45-39-14-13-37-40(41(35)39)36-7-3-4-8-38(36)46-42(37)30-11-9-27(10-12-30)32-23-33(28-15-19-43-20-16-28)25-34(24-32)29-17-21-44-22-18-29/h1-26H. The Hall–Kier alpha value is -6.26. The fourth-order valence-corrected chi connectivity index (χ4v) is 6.65. The lowest BCUT2D eigenvalue weighted by Crippen LogP contribution is -1.92.